The number of ether oxygens (including phenoxy) is 1. The fourth-order valence-corrected chi connectivity index (χ4v) is 3.26. The van der Waals surface area contributed by atoms with E-state index in [2.05, 4.69) is 29.2 Å². The number of rotatable bonds is 5. The first kappa shape index (κ1) is 11.8. The van der Waals surface area contributed by atoms with Gasteiger partial charge in [-0.05, 0) is 24.7 Å². The van der Waals surface area contributed by atoms with Gasteiger partial charge < -0.3 is 10.1 Å². The zero-order valence-corrected chi connectivity index (χ0v) is 10.6. The van der Waals surface area contributed by atoms with Gasteiger partial charge in [-0.2, -0.15) is 11.8 Å². The Hall–Kier alpha value is -0.670. The lowest BCUT2D eigenvalue weighted by Gasteiger charge is -2.12. The number of thioether (sulfide) groups is 1. The van der Waals surface area contributed by atoms with Gasteiger partial charge in [-0.1, -0.05) is 18.2 Å². The molecule has 16 heavy (non-hydrogen) atoms. The van der Waals surface area contributed by atoms with Crippen molar-refractivity contribution < 1.29 is 4.74 Å². The van der Waals surface area contributed by atoms with Crippen LogP contribution in [0.1, 0.15) is 18.4 Å². The molecule has 0 radical (unpaired) electrons. The van der Waals surface area contributed by atoms with Gasteiger partial charge in [0.2, 0.25) is 0 Å². The Kier molecular flexibility index (Phi) is 4.55. The molecule has 1 N–H and O–H groups in total. The van der Waals surface area contributed by atoms with Gasteiger partial charge in [0.1, 0.15) is 5.75 Å². The second-order valence-electron chi connectivity index (χ2n) is 4.08. The maximum Gasteiger partial charge on any atom is 0.123 e. The van der Waals surface area contributed by atoms with Crippen LogP contribution < -0.4 is 10.1 Å². The first-order chi connectivity index (χ1) is 7.90. The number of para-hydroxylation sites is 1. The zero-order valence-electron chi connectivity index (χ0n) is 9.74. The largest absolute Gasteiger partial charge is 0.496 e. The molecule has 0 aliphatic carbocycles. The number of hydrogen-bond acceptors (Lipinski definition) is 3. The van der Waals surface area contributed by atoms with Crippen molar-refractivity contribution in [2.75, 3.05) is 19.4 Å². The molecule has 1 fully saturated rings. The van der Waals surface area contributed by atoms with Crippen LogP contribution in [0.2, 0.25) is 0 Å². The van der Waals surface area contributed by atoms with Crippen LogP contribution in [0.25, 0.3) is 0 Å². The summed E-state index contributed by atoms with van der Waals surface area (Å²) in [5.41, 5.74) is 1.24. The predicted octanol–water partition coefficient (Wildman–Crippen LogP) is 2.68. The molecule has 1 aromatic carbocycles. The molecule has 3 heteroatoms. The van der Waals surface area contributed by atoms with E-state index in [0.717, 1.165) is 24.1 Å². The molecule has 1 aromatic rings. The van der Waals surface area contributed by atoms with Crippen LogP contribution in [0.3, 0.4) is 0 Å². The maximum atomic E-state index is 5.32. The van der Waals surface area contributed by atoms with E-state index < -0.39 is 0 Å². The molecule has 0 bridgehead atoms. The molecule has 0 aromatic heterocycles. The van der Waals surface area contributed by atoms with E-state index in [4.69, 9.17) is 4.74 Å². The fourth-order valence-electron chi connectivity index (χ4n) is 2.02. The van der Waals surface area contributed by atoms with Crippen LogP contribution in [0, 0.1) is 0 Å². The van der Waals surface area contributed by atoms with Crippen LogP contribution in [0.5, 0.6) is 5.75 Å². The molecule has 1 aliphatic rings. The zero-order chi connectivity index (χ0) is 11.2. The highest BCUT2D eigenvalue weighted by Crippen LogP contribution is 2.25. The third-order valence-corrected chi connectivity index (χ3v) is 4.30. The van der Waals surface area contributed by atoms with E-state index >= 15 is 0 Å². The summed E-state index contributed by atoms with van der Waals surface area (Å²) in [6.45, 7) is 2.02. The number of hydrogen-bond donors (Lipinski definition) is 1. The Bertz CT molecular complexity index is 323. The monoisotopic (exact) mass is 237 g/mol. The Morgan fingerprint density at radius 1 is 1.44 bits per heavy atom. The Balaban J connectivity index is 1.79. The third-order valence-electron chi connectivity index (χ3n) is 2.90. The molecule has 0 saturated carbocycles. The average molecular weight is 237 g/mol. The van der Waals surface area contributed by atoms with Crippen molar-refractivity contribution in [3.8, 4) is 5.75 Å². The van der Waals surface area contributed by atoms with Crippen LogP contribution in [0.4, 0.5) is 0 Å². The van der Waals surface area contributed by atoms with E-state index in [0.29, 0.717) is 0 Å². The minimum absolute atomic E-state index is 0.815. The second-order valence-corrected chi connectivity index (χ2v) is 5.49. The molecule has 1 saturated heterocycles. The number of benzene rings is 1. The molecular weight excluding hydrogens is 218 g/mol. The minimum Gasteiger partial charge on any atom is -0.496 e. The van der Waals surface area contributed by atoms with Crippen molar-refractivity contribution >= 4 is 11.8 Å². The van der Waals surface area contributed by atoms with E-state index in [1.54, 1.807) is 7.11 Å². The second kappa shape index (κ2) is 6.16. The number of nitrogens with one attached hydrogen (secondary N) is 1. The Morgan fingerprint density at radius 3 is 3.06 bits per heavy atom. The van der Waals surface area contributed by atoms with E-state index in [1.807, 2.05) is 12.1 Å². The molecule has 1 aliphatic heterocycles. The Labute approximate surface area is 102 Å². The van der Waals surface area contributed by atoms with Gasteiger partial charge >= 0.3 is 0 Å². The molecule has 88 valence electrons. The smallest absolute Gasteiger partial charge is 0.123 e. The van der Waals surface area contributed by atoms with Crippen molar-refractivity contribution in [1.29, 1.82) is 0 Å². The number of methoxy groups -OCH3 is 1. The molecule has 1 heterocycles. The Morgan fingerprint density at radius 2 is 2.31 bits per heavy atom. The van der Waals surface area contributed by atoms with Crippen molar-refractivity contribution in [3.63, 3.8) is 0 Å². The summed E-state index contributed by atoms with van der Waals surface area (Å²) in [4.78, 5) is 0. The van der Waals surface area contributed by atoms with Crippen molar-refractivity contribution in [2.45, 2.75) is 24.6 Å². The topological polar surface area (TPSA) is 21.3 Å². The van der Waals surface area contributed by atoms with E-state index in [-0.39, 0.29) is 0 Å². The van der Waals surface area contributed by atoms with Crippen LogP contribution in [-0.4, -0.2) is 24.7 Å². The summed E-state index contributed by atoms with van der Waals surface area (Å²) in [5, 5.41) is 4.33. The lowest BCUT2D eigenvalue weighted by Crippen LogP contribution is -2.22. The van der Waals surface area contributed by atoms with Gasteiger partial charge in [0.15, 0.2) is 0 Å². The SMILES string of the molecule is COc1ccccc1CNCC1CCCS1. The molecule has 2 rings (SSSR count). The predicted molar refractivity (Wildman–Crippen MR) is 70.2 cm³/mol. The maximum absolute atomic E-state index is 5.32. The van der Waals surface area contributed by atoms with Crippen molar-refractivity contribution in [2.24, 2.45) is 0 Å². The van der Waals surface area contributed by atoms with Gasteiger partial charge in [-0.3, -0.25) is 0 Å². The quantitative estimate of drug-likeness (QED) is 0.850. The highest BCUT2D eigenvalue weighted by Gasteiger charge is 2.14. The standard InChI is InChI=1S/C13H19NOS/c1-15-13-7-3-2-5-11(13)9-14-10-12-6-4-8-16-12/h2-3,5,7,12,14H,4,6,8-10H2,1H3. The summed E-state index contributed by atoms with van der Waals surface area (Å²) in [6, 6.07) is 8.20. The van der Waals surface area contributed by atoms with Gasteiger partial charge in [-0.25, -0.2) is 0 Å². The molecular formula is C13H19NOS. The third kappa shape index (κ3) is 3.16. The van der Waals surface area contributed by atoms with Gasteiger partial charge in [0.05, 0.1) is 7.11 Å². The summed E-state index contributed by atoms with van der Waals surface area (Å²) in [6.07, 6.45) is 2.75. The highest BCUT2D eigenvalue weighted by molar-refractivity contribution is 8.00. The van der Waals surface area contributed by atoms with Crippen LogP contribution in [-0.2, 0) is 6.54 Å². The first-order valence-electron chi connectivity index (χ1n) is 5.84. The molecule has 0 spiro atoms. The summed E-state index contributed by atoms with van der Waals surface area (Å²) in [5.74, 6) is 2.31. The highest BCUT2D eigenvalue weighted by atomic mass is 32.2. The average Bonchev–Trinajstić information content (AvgIpc) is 2.83. The van der Waals surface area contributed by atoms with Crippen LogP contribution >= 0.6 is 11.8 Å². The summed E-state index contributed by atoms with van der Waals surface area (Å²) in [7, 11) is 1.73. The van der Waals surface area contributed by atoms with Crippen LogP contribution in [0.15, 0.2) is 24.3 Å². The lowest BCUT2D eigenvalue weighted by atomic mass is 10.2. The van der Waals surface area contributed by atoms with Crippen molar-refractivity contribution in [3.05, 3.63) is 29.8 Å². The fraction of sp³-hybridized carbons (Fsp3) is 0.538. The minimum atomic E-state index is 0.815. The normalized spacial score (nSPS) is 19.9. The van der Waals surface area contributed by atoms with Gasteiger partial charge in [0.25, 0.3) is 0 Å². The summed E-state index contributed by atoms with van der Waals surface area (Å²) >= 11 is 2.09. The van der Waals surface area contributed by atoms with E-state index in [1.165, 1.54) is 24.2 Å². The van der Waals surface area contributed by atoms with E-state index in [9.17, 15) is 0 Å². The molecule has 1 unspecified atom stereocenters. The molecule has 2 nitrogen and oxygen atoms in total. The van der Waals surface area contributed by atoms with Crippen molar-refractivity contribution in [1.82, 2.24) is 5.32 Å². The molecule has 1 atom stereocenters. The van der Waals surface area contributed by atoms with Gasteiger partial charge in [0, 0.05) is 23.9 Å². The molecule has 0 amide bonds. The summed E-state index contributed by atoms with van der Waals surface area (Å²) < 4.78 is 5.32. The first-order valence-corrected chi connectivity index (χ1v) is 6.89. The van der Waals surface area contributed by atoms with Gasteiger partial charge in [-0.15, -0.1) is 0 Å². The lowest BCUT2D eigenvalue weighted by molar-refractivity contribution is 0.407.